The van der Waals surface area contributed by atoms with Crippen molar-refractivity contribution in [2.45, 2.75) is 0 Å². The Bertz CT molecular complexity index is 776. The van der Waals surface area contributed by atoms with Crippen molar-refractivity contribution in [1.29, 1.82) is 0 Å². The summed E-state index contributed by atoms with van der Waals surface area (Å²) >= 11 is 11.9. The molecule has 0 fully saturated rings. The Balaban J connectivity index is 1.70. The third-order valence-electron chi connectivity index (χ3n) is 3.24. The molecule has 0 saturated heterocycles. The molecule has 118 valence electrons. The van der Waals surface area contributed by atoms with Gasteiger partial charge in [0.05, 0.1) is 17.3 Å². The number of urea groups is 1. The predicted molar refractivity (Wildman–Crippen MR) is 95.0 cm³/mol. The Morgan fingerprint density at radius 2 is 2.00 bits per heavy atom. The molecule has 2 amide bonds. The Kier molecular flexibility index (Phi) is 4.69. The summed E-state index contributed by atoms with van der Waals surface area (Å²) in [5.74, 6) is 0.840. The summed E-state index contributed by atoms with van der Waals surface area (Å²) in [6.45, 7) is 1.60. The van der Waals surface area contributed by atoms with Gasteiger partial charge in [0.25, 0.3) is 0 Å². The van der Waals surface area contributed by atoms with Crippen LogP contribution in [0.5, 0.6) is 0 Å². The summed E-state index contributed by atoms with van der Waals surface area (Å²) < 4.78 is 0. The maximum Gasteiger partial charge on any atom is 0.323 e. The number of amides is 2. The monoisotopic (exact) mass is 348 g/mol. The predicted octanol–water partition coefficient (Wildman–Crippen LogP) is 3.99. The van der Waals surface area contributed by atoms with Crippen molar-refractivity contribution in [2.24, 2.45) is 4.99 Å². The topological polar surface area (TPSA) is 65.5 Å². The van der Waals surface area contributed by atoms with Crippen LogP contribution in [0, 0.1) is 0 Å². The number of hydrogen-bond donors (Lipinski definition) is 3. The molecule has 23 heavy (non-hydrogen) atoms. The van der Waals surface area contributed by atoms with Crippen LogP contribution in [0.2, 0.25) is 10.0 Å². The summed E-state index contributed by atoms with van der Waals surface area (Å²) in [6, 6.07) is 11.9. The molecule has 2 aromatic rings. The van der Waals surface area contributed by atoms with Gasteiger partial charge in [0.15, 0.2) is 0 Å². The molecule has 0 radical (unpaired) electrons. The normalized spacial score (nSPS) is 13.2. The fourth-order valence-corrected chi connectivity index (χ4v) is 2.55. The van der Waals surface area contributed by atoms with Gasteiger partial charge in [0.2, 0.25) is 0 Å². The lowest BCUT2D eigenvalue weighted by Gasteiger charge is -2.10. The first-order valence-corrected chi connectivity index (χ1v) is 7.79. The minimum Gasteiger partial charge on any atom is -0.368 e. The minimum atomic E-state index is -0.396. The number of halogens is 2. The van der Waals surface area contributed by atoms with Crippen LogP contribution in [0.15, 0.2) is 47.5 Å². The molecule has 2 aromatic carbocycles. The Hall–Kier alpha value is -2.24. The van der Waals surface area contributed by atoms with E-state index >= 15 is 0 Å². The van der Waals surface area contributed by atoms with E-state index in [0.717, 1.165) is 24.5 Å². The van der Waals surface area contributed by atoms with Crippen LogP contribution in [0.3, 0.4) is 0 Å². The number of hydrogen-bond acceptors (Lipinski definition) is 3. The number of nitrogens with zero attached hydrogens (tertiary/aromatic N) is 1. The second-order valence-electron chi connectivity index (χ2n) is 4.94. The Morgan fingerprint density at radius 3 is 2.78 bits per heavy atom. The van der Waals surface area contributed by atoms with E-state index in [1.807, 2.05) is 18.2 Å². The van der Waals surface area contributed by atoms with Crippen molar-refractivity contribution in [1.82, 2.24) is 5.32 Å². The maximum atomic E-state index is 12.1. The largest absolute Gasteiger partial charge is 0.368 e. The van der Waals surface area contributed by atoms with Crippen molar-refractivity contribution in [3.63, 3.8) is 0 Å². The van der Waals surface area contributed by atoms with Gasteiger partial charge >= 0.3 is 6.03 Å². The lowest BCUT2D eigenvalue weighted by atomic mass is 10.2. The second-order valence-corrected chi connectivity index (χ2v) is 5.78. The standard InChI is InChI=1S/C16H14Cl2N4O/c17-11-4-5-13(18)14(9-11)22-16(23)21-12-3-1-2-10(8-12)15-19-6-7-20-15/h1-5,8-9H,6-7H2,(H,19,20)(H2,21,22,23). The molecule has 0 spiro atoms. The van der Waals surface area contributed by atoms with Crippen molar-refractivity contribution in [2.75, 3.05) is 23.7 Å². The van der Waals surface area contributed by atoms with Gasteiger partial charge in [-0.2, -0.15) is 0 Å². The molecular weight excluding hydrogens is 335 g/mol. The number of nitrogens with one attached hydrogen (secondary N) is 3. The van der Waals surface area contributed by atoms with Gasteiger partial charge in [-0.3, -0.25) is 4.99 Å². The highest BCUT2D eigenvalue weighted by atomic mass is 35.5. The highest BCUT2D eigenvalue weighted by Gasteiger charge is 2.10. The fourth-order valence-electron chi connectivity index (χ4n) is 2.21. The van der Waals surface area contributed by atoms with E-state index in [9.17, 15) is 4.79 Å². The summed E-state index contributed by atoms with van der Waals surface area (Å²) in [7, 11) is 0. The van der Waals surface area contributed by atoms with Gasteiger partial charge in [-0.05, 0) is 30.3 Å². The zero-order chi connectivity index (χ0) is 16.2. The molecule has 5 nitrogen and oxygen atoms in total. The number of carbonyl (C=O) groups is 1. The highest BCUT2D eigenvalue weighted by molar-refractivity contribution is 6.35. The lowest BCUT2D eigenvalue weighted by Crippen LogP contribution is -2.21. The molecule has 7 heteroatoms. The van der Waals surface area contributed by atoms with E-state index in [4.69, 9.17) is 23.2 Å². The molecule has 0 aliphatic carbocycles. The molecule has 0 aromatic heterocycles. The van der Waals surface area contributed by atoms with Crippen LogP contribution >= 0.6 is 23.2 Å². The van der Waals surface area contributed by atoms with Gasteiger partial charge in [0.1, 0.15) is 5.84 Å². The third kappa shape index (κ3) is 3.94. The average molecular weight is 349 g/mol. The third-order valence-corrected chi connectivity index (χ3v) is 3.81. The number of aliphatic imine (C=N–C) groups is 1. The fraction of sp³-hybridized carbons (Fsp3) is 0.125. The molecule has 0 unspecified atom stereocenters. The Morgan fingerprint density at radius 1 is 1.13 bits per heavy atom. The quantitative estimate of drug-likeness (QED) is 0.785. The number of rotatable bonds is 3. The zero-order valence-corrected chi connectivity index (χ0v) is 13.6. The molecule has 1 aliphatic rings. The summed E-state index contributed by atoms with van der Waals surface area (Å²) in [5.41, 5.74) is 2.05. The number of amidine groups is 1. The minimum absolute atomic E-state index is 0.396. The maximum absolute atomic E-state index is 12.1. The molecular formula is C16H14Cl2N4O. The van der Waals surface area contributed by atoms with Gasteiger partial charge < -0.3 is 16.0 Å². The van der Waals surface area contributed by atoms with Gasteiger partial charge in [-0.15, -0.1) is 0 Å². The smallest absolute Gasteiger partial charge is 0.323 e. The van der Waals surface area contributed by atoms with E-state index in [0.29, 0.717) is 21.4 Å². The molecule has 0 bridgehead atoms. The van der Waals surface area contributed by atoms with Crippen LogP contribution in [0.1, 0.15) is 5.56 Å². The summed E-state index contributed by atoms with van der Waals surface area (Å²) in [6.07, 6.45) is 0. The van der Waals surface area contributed by atoms with Gasteiger partial charge in [-0.25, -0.2) is 4.79 Å². The van der Waals surface area contributed by atoms with Crippen LogP contribution in [-0.2, 0) is 0 Å². The number of anilines is 2. The zero-order valence-electron chi connectivity index (χ0n) is 12.1. The first-order valence-electron chi connectivity index (χ1n) is 7.03. The summed E-state index contributed by atoms with van der Waals surface area (Å²) in [4.78, 5) is 16.5. The van der Waals surface area contributed by atoms with E-state index in [1.54, 1.807) is 24.3 Å². The van der Waals surface area contributed by atoms with Crippen LogP contribution in [0.25, 0.3) is 0 Å². The second kappa shape index (κ2) is 6.89. The van der Waals surface area contributed by atoms with Crippen molar-refractivity contribution >= 4 is 46.4 Å². The SMILES string of the molecule is O=C(Nc1cccc(C2=NCCN2)c1)Nc1cc(Cl)ccc1Cl. The molecule has 0 saturated carbocycles. The number of carbonyl (C=O) groups excluding carboxylic acids is 1. The van der Waals surface area contributed by atoms with E-state index in [1.165, 1.54) is 0 Å². The van der Waals surface area contributed by atoms with Gasteiger partial charge in [-0.1, -0.05) is 35.3 Å². The molecule has 0 atom stereocenters. The summed E-state index contributed by atoms with van der Waals surface area (Å²) in [5, 5.41) is 9.56. The van der Waals surface area contributed by atoms with Crippen molar-refractivity contribution in [3.8, 4) is 0 Å². The van der Waals surface area contributed by atoms with Crippen molar-refractivity contribution in [3.05, 3.63) is 58.1 Å². The Labute approximate surface area is 143 Å². The molecule has 1 aliphatic heterocycles. The van der Waals surface area contributed by atoms with E-state index in [-0.39, 0.29) is 0 Å². The van der Waals surface area contributed by atoms with Gasteiger partial charge in [0, 0.05) is 22.8 Å². The van der Waals surface area contributed by atoms with Crippen LogP contribution in [0.4, 0.5) is 16.2 Å². The van der Waals surface area contributed by atoms with Crippen LogP contribution < -0.4 is 16.0 Å². The first-order chi connectivity index (χ1) is 11.1. The molecule has 1 heterocycles. The highest BCUT2D eigenvalue weighted by Crippen LogP contribution is 2.25. The first kappa shape index (κ1) is 15.6. The lowest BCUT2D eigenvalue weighted by molar-refractivity contribution is 0.262. The van der Waals surface area contributed by atoms with E-state index < -0.39 is 6.03 Å². The average Bonchev–Trinajstić information content (AvgIpc) is 3.05. The van der Waals surface area contributed by atoms with Crippen molar-refractivity contribution < 1.29 is 4.79 Å². The molecule has 3 N–H and O–H groups in total. The molecule has 3 rings (SSSR count). The van der Waals surface area contributed by atoms with Crippen LogP contribution in [-0.4, -0.2) is 25.0 Å². The van der Waals surface area contributed by atoms with E-state index in [2.05, 4.69) is 20.9 Å². The number of benzene rings is 2.